The number of hydrazone groups is 1. The third-order valence-corrected chi connectivity index (χ3v) is 5.62. The SMILES string of the molecule is CCOc1ccc(C(=O)Oc2ccc3ccccc3c2/C=N\NC(=O)[C@H](C)Oc2cccc(Cl)c2)cc1. The first-order valence-electron chi connectivity index (χ1n) is 11.7. The first-order valence-corrected chi connectivity index (χ1v) is 12.0. The zero-order valence-electron chi connectivity index (χ0n) is 20.3. The van der Waals surface area contributed by atoms with E-state index in [9.17, 15) is 9.59 Å². The Morgan fingerprint density at radius 3 is 2.51 bits per heavy atom. The Kier molecular flexibility index (Phi) is 8.38. The lowest BCUT2D eigenvalue weighted by Gasteiger charge is -2.13. The summed E-state index contributed by atoms with van der Waals surface area (Å²) in [4.78, 5) is 25.4. The van der Waals surface area contributed by atoms with E-state index in [1.165, 1.54) is 6.21 Å². The molecule has 37 heavy (non-hydrogen) atoms. The van der Waals surface area contributed by atoms with E-state index in [4.69, 9.17) is 25.8 Å². The van der Waals surface area contributed by atoms with Crippen LogP contribution in [0, 0.1) is 0 Å². The van der Waals surface area contributed by atoms with Crippen LogP contribution in [0.2, 0.25) is 5.02 Å². The number of fused-ring (bicyclic) bond motifs is 1. The first kappa shape index (κ1) is 25.7. The molecule has 1 N–H and O–H groups in total. The zero-order chi connectivity index (χ0) is 26.2. The number of hydrogen-bond acceptors (Lipinski definition) is 6. The Labute approximate surface area is 219 Å². The summed E-state index contributed by atoms with van der Waals surface area (Å²) in [6.07, 6.45) is 0.632. The molecular weight excluding hydrogens is 492 g/mol. The van der Waals surface area contributed by atoms with Crippen LogP contribution < -0.4 is 19.6 Å². The second-order valence-corrected chi connectivity index (χ2v) is 8.43. The van der Waals surface area contributed by atoms with Crippen molar-refractivity contribution in [3.05, 3.63) is 101 Å². The van der Waals surface area contributed by atoms with Gasteiger partial charge in [-0.3, -0.25) is 4.79 Å². The molecular formula is C29H25ClN2O5. The number of carbonyl (C=O) groups excluding carboxylic acids is 2. The van der Waals surface area contributed by atoms with Gasteiger partial charge in [-0.05, 0) is 73.2 Å². The maximum Gasteiger partial charge on any atom is 0.343 e. The van der Waals surface area contributed by atoms with Crippen molar-refractivity contribution in [2.24, 2.45) is 5.10 Å². The van der Waals surface area contributed by atoms with Crippen molar-refractivity contribution >= 4 is 40.5 Å². The molecule has 4 aromatic carbocycles. The Bertz CT molecular complexity index is 1440. The molecule has 0 radical (unpaired) electrons. The monoisotopic (exact) mass is 516 g/mol. The Balaban J connectivity index is 1.51. The first-order chi connectivity index (χ1) is 17.9. The van der Waals surface area contributed by atoms with Crippen molar-refractivity contribution in [1.29, 1.82) is 0 Å². The molecule has 0 saturated carbocycles. The maximum atomic E-state index is 12.8. The zero-order valence-corrected chi connectivity index (χ0v) is 21.1. The van der Waals surface area contributed by atoms with E-state index in [2.05, 4.69) is 10.5 Å². The van der Waals surface area contributed by atoms with Gasteiger partial charge >= 0.3 is 5.97 Å². The quantitative estimate of drug-likeness (QED) is 0.127. The van der Waals surface area contributed by atoms with E-state index < -0.39 is 18.0 Å². The molecule has 0 bridgehead atoms. The number of carbonyl (C=O) groups is 2. The lowest BCUT2D eigenvalue weighted by atomic mass is 10.0. The van der Waals surface area contributed by atoms with Crippen molar-refractivity contribution in [1.82, 2.24) is 5.43 Å². The van der Waals surface area contributed by atoms with Crippen LogP contribution in [-0.2, 0) is 4.79 Å². The summed E-state index contributed by atoms with van der Waals surface area (Å²) in [5.41, 5.74) is 3.40. The normalized spacial score (nSPS) is 11.8. The van der Waals surface area contributed by atoms with Gasteiger partial charge in [0.2, 0.25) is 0 Å². The van der Waals surface area contributed by atoms with E-state index in [-0.39, 0.29) is 0 Å². The molecule has 4 rings (SSSR count). The van der Waals surface area contributed by atoms with Crippen LogP contribution in [-0.4, -0.2) is 30.8 Å². The summed E-state index contributed by atoms with van der Waals surface area (Å²) in [5, 5.41) is 6.34. The molecule has 0 heterocycles. The largest absolute Gasteiger partial charge is 0.494 e. The van der Waals surface area contributed by atoms with Crippen LogP contribution >= 0.6 is 11.6 Å². The van der Waals surface area contributed by atoms with Gasteiger partial charge in [0.1, 0.15) is 17.2 Å². The summed E-state index contributed by atoms with van der Waals surface area (Å²) in [5.74, 6) is 0.460. The highest BCUT2D eigenvalue weighted by molar-refractivity contribution is 6.30. The van der Waals surface area contributed by atoms with E-state index in [0.717, 1.165) is 10.8 Å². The molecule has 188 valence electrons. The second-order valence-electron chi connectivity index (χ2n) is 8.00. The van der Waals surface area contributed by atoms with Gasteiger partial charge in [0, 0.05) is 10.6 Å². The number of esters is 1. The minimum absolute atomic E-state index is 0.304. The molecule has 7 nitrogen and oxygen atoms in total. The van der Waals surface area contributed by atoms with Crippen molar-refractivity contribution < 1.29 is 23.8 Å². The molecule has 0 aliphatic heterocycles. The Morgan fingerprint density at radius 2 is 1.76 bits per heavy atom. The fourth-order valence-electron chi connectivity index (χ4n) is 3.56. The topological polar surface area (TPSA) is 86.2 Å². The van der Waals surface area contributed by atoms with E-state index in [1.807, 2.05) is 37.3 Å². The summed E-state index contributed by atoms with van der Waals surface area (Å²) < 4.78 is 16.8. The molecule has 0 aromatic heterocycles. The van der Waals surface area contributed by atoms with Crippen LogP contribution in [0.5, 0.6) is 17.2 Å². The molecule has 0 aliphatic rings. The summed E-state index contributed by atoms with van der Waals surface area (Å²) in [7, 11) is 0. The smallest absolute Gasteiger partial charge is 0.343 e. The fourth-order valence-corrected chi connectivity index (χ4v) is 3.74. The van der Waals surface area contributed by atoms with Gasteiger partial charge in [0.15, 0.2) is 6.10 Å². The third-order valence-electron chi connectivity index (χ3n) is 5.38. The average Bonchev–Trinajstić information content (AvgIpc) is 2.90. The predicted molar refractivity (Wildman–Crippen MR) is 144 cm³/mol. The number of rotatable bonds is 9. The average molecular weight is 517 g/mol. The predicted octanol–water partition coefficient (Wildman–Crippen LogP) is 6.03. The number of ether oxygens (including phenoxy) is 3. The van der Waals surface area contributed by atoms with Crippen LogP contribution in [0.15, 0.2) is 90.0 Å². The van der Waals surface area contributed by atoms with Crippen LogP contribution in [0.25, 0.3) is 10.8 Å². The third kappa shape index (κ3) is 6.65. The van der Waals surface area contributed by atoms with Gasteiger partial charge in [-0.1, -0.05) is 48.0 Å². The highest BCUT2D eigenvalue weighted by Crippen LogP contribution is 2.28. The van der Waals surface area contributed by atoms with Gasteiger partial charge in [0.25, 0.3) is 5.91 Å². The molecule has 0 spiro atoms. The highest BCUT2D eigenvalue weighted by Gasteiger charge is 2.16. The lowest BCUT2D eigenvalue weighted by molar-refractivity contribution is -0.127. The molecule has 1 amide bonds. The van der Waals surface area contributed by atoms with Crippen molar-refractivity contribution in [2.45, 2.75) is 20.0 Å². The Hall–Kier alpha value is -4.36. The lowest BCUT2D eigenvalue weighted by Crippen LogP contribution is -2.33. The minimum Gasteiger partial charge on any atom is -0.494 e. The second kappa shape index (κ2) is 12.1. The highest BCUT2D eigenvalue weighted by atomic mass is 35.5. The van der Waals surface area contributed by atoms with Crippen LogP contribution in [0.3, 0.4) is 0 Å². The molecule has 0 aliphatic carbocycles. The number of benzene rings is 4. The number of halogens is 1. The van der Waals surface area contributed by atoms with Gasteiger partial charge < -0.3 is 14.2 Å². The van der Waals surface area contributed by atoms with E-state index >= 15 is 0 Å². The Morgan fingerprint density at radius 1 is 0.973 bits per heavy atom. The molecule has 0 fully saturated rings. The summed E-state index contributed by atoms with van der Waals surface area (Å²) >= 11 is 5.97. The summed E-state index contributed by atoms with van der Waals surface area (Å²) in [6.45, 7) is 4.03. The van der Waals surface area contributed by atoms with Crippen LogP contribution in [0.4, 0.5) is 0 Å². The van der Waals surface area contributed by atoms with Crippen molar-refractivity contribution in [3.8, 4) is 17.2 Å². The molecule has 1 atom stereocenters. The number of nitrogens with one attached hydrogen (secondary N) is 1. The standard InChI is InChI=1S/C29H25ClN2O5/c1-3-35-23-14-11-21(12-15-23)29(34)37-27-16-13-20-7-4-5-10-25(20)26(27)18-31-32-28(33)19(2)36-24-9-6-8-22(30)17-24/h4-19H,3H2,1-2H3,(H,32,33)/b31-18-/t19-/m0/s1. The minimum atomic E-state index is -0.819. The van der Waals surface area contributed by atoms with E-state index in [0.29, 0.717) is 40.0 Å². The van der Waals surface area contributed by atoms with Crippen molar-refractivity contribution in [2.75, 3.05) is 6.61 Å². The summed E-state index contributed by atoms with van der Waals surface area (Å²) in [6, 6.07) is 24.6. The number of nitrogens with zero attached hydrogens (tertiary/aromatic N) is 1. The maximum absolute atomic E-state index is 12.8. The fraction of sp³-hybridized carbons (Fsp3) is 0.138. The van der Waals surface area contributed by atoms with Gasteiger partial charge in [0.05, 0.1) is 18.4 Å². The molecule has 0 unspecified atom stereocenters. The molecule has 0 saturated heterocycles. The van der Waals surface area contributed by atoms with Crippen molar-refractivity contribution in [3.63, 3.8) is 0 Å². The van der Waals surface area contributed by atoms with Gasteiger partial charge in [-0.15, -0.1) is 0 Å². The number of hydrogen-bond donors (Lipinski definition) is 1. The van der Waals surface area contributed by atoms with Crippen LogP contribution in [0.1, 0.15) is 29.8 Å². The van der Waals surface area contributed by atoms with Gasteiger partial charge in [-0.2, -0.15) is 5.10 Å². The molecule has 4 aromatic rings. The number of amides is 1. The van der Waals surface area contributed by atoms with Gasteiger partial charge in [-0.25, -0.2) is 10.2 Å². The molecule has 8 heteroatoms. The van der Waals surface area contributed by atoms with E-state index in [1.54, 1.807) is 61.5 Å².